The molecule has 4 unspecified atom stereocenters. The van der Waals surface area contributed by atoms with Crippen LogP contribution in [0.2, 0.25) is 0 Å². The van der Waals surface area contributed by atoms with Crippen molar-refractivity contribution in [2.75, 3.05) is 0 Å². The Balaban J connectivity index is 1.36. The molecular weight excluding hydrogens is 312 g/mol. The predicted molar refractivity (Wildman–Crippen MR) is 97.4 cm³/mol. The molecule has 2 aromatic rings. The number of fused-ring (bicyclic) bond motifs is 1. The molecule has 1 aromatic carbocycles. The Hall–Kier alpha value is -2.14. The van der Waals surface area contributed by atoms with E-state index in [9.17, 15) is 4.79 Å². The monoisotopic (exact) mass is 338 g/mol. The largest absolute Gasteiger partial charge is 0.348 e. The highest BCUT2D eigenvalue weighted by Crippen LogP contribution is 2.33. The van der Waals surface area contributed by atoms with Gasteiger partial charge in [-0.25, -0.2) is 4.68 Å². The van der Waals surface area contributed by atoms with Gasteiger partial charge in [0, 0.05) is 18.4 Å². The number of amides is 1. The summed E-state index contributed by atoms with van der Waals surface area (Å²) in [7, 11) is 0. The SMILES string of the molecule is CC(NC(=O)C1CC2CCCCC2N1)c1ccc(-n2cccn2)cc1. The van der Waals surface area contributed by atoms with E-state index in [2.05, 4.69) is 27.9 Å². The molecule has 1 aliphatic carbocycles. The third-order valence-corrected chi connectivity index (χ3v) is 5.70. The van der Waals surface area contributed by atoms with Crippen molar-refractivity contribution in [1.82, 2.24) is 20.4 Å². The van der Waals surface area contributed by atoms with Gasteiger partial charge in [0.2, 0.25) is 5.91 Å². The molecule has 2 heterocycles. The first-order valence-electron chi connectivity index (χ1n) is 9.37. The van der Waals surface area contributed by atoms with Gasteiger partial charge in [0.1, 0.15) is 0 Å². The van der Waals surface area contributed by atoms with Crippen molar-refractivity contribution in [2.45, 2.75) is 57.2 Å². The first-order valence-corrected chi connectivity index (χ1v) is 9.37. The van der Waals surface area contributed by atoms with Crippen molar-refractivity contribution in [1.29, 1.82) is 0 Å². The lowest BCUT2D eigenvalue weighted by Gasteiger charge is -2.24. The van der Waals surface area contributed by atoms with Gasteiger partial charge < -0.3 is 10.6 Å². The number of hydrogen-bond donors (Lipinski definition) is 2. The minimum atomic E-state index is -0.0288. The van der Waals surface area contributed by atoms with E-state index in [1.54, 1.807) is 6.20 Å². The highest BCUT2D eigenvalue weighted by Gasteiger charge is 2.38. The summed E-state index contributed by atoms with van der Waals surface area (Å²) in [6, 6.07) is 10.6. The summed E-state index contributed by atoms with van der Waals surface area (Å²) in [6.45, 7) is 2.04. The second-order valence-electron chi connectivity index (χ2n) is 7.38. The molecule has 0 bridgehead atoms. The zero-order chi connectivity index (χ0) is 17.2. The molecule has 132 valence electrons. The highest BCUT2D eigenvalue weighted by molar-refractivity contribution is 5.82. The summed E-state index contributed by atoms with van der Waals surface area (Å²) in [5.41, 5.74) is 2.13. The van der Waals surface area contributed by atoms with E-state index in [1.165, 1.54) is 25.7 Å². The van der Waals surface area contributed by atoms with Gasteiger partial charge in [-0.3, -0.25) is 4.79 Å². The molecule has 1 amide bonds. The summed E-state index contributed by atoms with van der Waals surface area (Å²) in [5.74, 6) is 0.825. The molecule has 5 nitrogen and oxygen atoms in total. The number of nitrogens with zero attached hydrogens (tertiary/aromatic N) is 2. The number of nitrogens with one attached hydrogen (secondary N) is 2. The first-order chi connectivity index (χ1) is 12.2. The Morgan fingerprint density at radius 2 is 2.08 bits per heavy atom. The Bertz CT molecular complexity index is 696. The molecular formula is C20H26N4O. The van der Waals surface area contributed by atoms with E-state index >= 15 is 0 Å². The molecule has 0 spiro atoms. The minimum Gasteiger partial charge on any atom is -0.348 e. The maximum atomic E-state index is 12.6. The zero-order valence-corrected chi connectivity index (χ0v) is 14.7. The van der Waals surface area contributed by atoms with Crippen LogP contribution >= 0.6 is 0 Å². The third-order valence-electron chi connectivity index (χ3n) is 5.70. The molecule has 1 aliphatic heterocycles. The normalized spacial score (nSPS) is 26.8. The Kier molecular flexibility index (Phi) is 4.57. The van der Waals surface area contributed by atoms with Crippen LogP contribution in [0.4, 0.5) is 0 Å². The summed E-state index contributed by atoms with van der Waals surface area (Å²) >= 11 is 0. The van der Waals surface area contributed by atoms with Crippen LogP contribution in [0.1, 0.15) is 50.6 Å². The molecule has 1 saturated carbocycles. The second kappa shape index (κ2) is 7.00. The third kappa shape index (κ3) is 3.47. The summed E-state index contributed by atoms with van der Waals surface area (Å²) < 4.78 is 1.83. The van der Waals surface area contributed by atoms with Gasteiger partial charge >= 0.3 is 0 Å². The predicted octanol–water partition coefficient (Wildman–Crippen LogP) is 2.97. The van der Waals surface area contributed by atoms with Crippen molar-refractivity contribution in [3.8, 4) is 5.69 Å². The second-order valence-corrected chi connectivity index (χ2v) is 7.38. The van der Waals surface area contributed by atoms with Crippen molar-refractivity contribution in [3.63, 3.8) is 0 Å². The van der Waals surface area contributed by atoms with Gasteiger partial charge in [0.15, 0.2) is 0 Å². The van der Waals surface area contributed by atoms with Gasteiger partial charge in [0.25, 0.3) is 0 Å². The van der Waals surface area contributed by atoms with Crippen LogP contribution in [-0.4, -0.2) is 27.8 Å². The average Bonchev–Trinajstić information content (AvgIpc) is 3.31. The number of carbonyl (C=O) groups excluding carboxylic acids is 1. The van der Waals surface area contributed by atoms with Gasteiger partial charge in [-0.2, -0.15) is 5.10 Å². The van der Waals surface area contributed by atoms with Gasteiger partial charge in [0.05, 0.1) is 17.8 Å². The molecule has 1 saturated heterocycles. The molecule has 5 heteroatoms. The minimum absolute atomic E-state index is 0.00333. The van der Waals surface area contributed by atoms with E-state index in [0.29, 0.717) is 12.0 Å². The molecule has 0 radical (unpaired) electrons. The lowest BCUT2D eigenvalue weighted by atomic mass is 9.85. The zero-order valence-electron chi connectivity index (χ0n) is 14.7. The molecule has 25 heavy (non-hydrogen) atoms. The van der Waals surface area contributed by atoms with E-state index < -0.39 is 0 Å². The molecule has 2 fully saturated rings. The fourth-order valence-electron chi connectivity index (χ4n) is 4.26. The molecule has 2 N–H and O–H groups in total. The van der Waals surface area contributed by atoms with Crippen LogP contribution in [0.15, 0.2) is 42.7 Å². The van der Waals surface area contributed by atoms with Crippen molar-refractivity contribution >= 4 is 5.91 Å². The van der Waals surface area contributed by atoms with E-state index in [4.69, 9.17) is 0 Å². The number of carbonyl (C=O) groups is 1. The average molecular weight is 338 g/mol. The molecule has 4 rings (SSSR count). The molecule has 4 atom stereocenters. The highest BCUT2D eigenvalue weighted by atomic mass is 16.2. The maximum Gasteiger partial charge on any atom is 0.237 e. The number of aromatic nitrogens is 2. The fraction of sp³-hybridized carbons (Fsp3) is 0.500. The summed E-state index contributed by atoms with van der Waals surface area (Å²) in [6.07, 6.45) is 9.78. The number of rotatable bonds is 4. The Labute approximate surface area is 148 Å². The number of hydrogen-bond acceptors (Lipinski definition) is 3. The quantitative estimate of drug-likeness (QED) is 0.901. The summed E-state index contributed by atoms with van der Waals surface area (Å²) in [5, 5.41) is 11.0. The van der Waals surface area contributed by atoms with Crippen molar-refractivity contribution in [2.24, 2.45) is 5.92 Å². The van der Waals surface area contributed by atoms with E-state index in [0.717, 1.165) is 17.7 Å². The smallest absolute Gasteiger partial charge is 0.237 e. The van der Waals surface area contributed by atoms with Crippen LogP contribution < -0.4 is 10.6 Å². The van der Waals surface area contributed by atoms with Gasteiger partial charge in [-0.1, -0.05) is 25.0 Å². The van der Waals surface area contributed by atoms with Crippen LogP contribution in [0.3, 0.4) is 0 Å². The standard InChI is InChI=1S/C20H26N4O/c1-14(15-7-9-17(10-8-15)24-12-4-11-21-24)22-20(25)19-13-16-5-2-3-6-18(16)23-19/h4,7-12,14,16,18-19,23H,2-3,5-6,13H2,1H3,(H,22,25). The summed E-state index contributed by atoms with van der Waals surface area (Å²) in [4.78, 5) is 12.6. The Morgan fingerprint density at radius 1 is 1.28 bits per heavy atom. The van der Waals surface area contributed by atoms with Gasteiger partial charge in [-0.05, 0) is 55.9 Å². The lowest BCUT2D eigenvalue weighted by Crippen LogP contribution is -2.43. The number of benzene rings is 1. The topological polar surface area (TPSA) is 59.0 Å². The lowest BCUT2D eigenvalue weighted by molar-refractivity contribution is -0.123. The molecule has 2 aliphatic rings. The maximum absolute atomic E-state index is 12.6. The van der Waals surface area contributed by atoms with E-state index in [-0.39, 0.29) is 18.0 Å². The van der Waals surface area contributed by atoms with Crippen LogP contribution in [-0.2, 0) is 4.79 Å². The van der Waals surface area contributed by atoms with Crippen LogP contribution in [0.25, 0.3) is 5.69 Å². The van der Waals surface area contributed by atoms with Crippen molar-refractivity contribution < 1.29 is 4.79 Å². The van der Waals surface area contributed by atoms with Crippen LogP contribution in [0, 0.1) is 5.92 Å². The van der Waals surface area contributed by atoms with Crippen molar-refractivity contribution in [3.05, 3.63) is 48.3 Å². The fourth-order valence-corrected chi connectivity index (χ4v) is 4.26. The van der Waals surface area contributed by atoms with Gasteiger partial charge in [-0.15, -0.1) is 0 Å². The molecule has 1 aromatic heterocycles. The van der Waals surface area contributed by atoms with E-state index in [1.807, 2.05) is 36.0 Å². The van der Waals surface area contributed by atoms with Crippen LogP contribution in [0.5, 0.6) is 0 Å². The first kappa shape index (κ1) is 16.3. The Morgan fingerprint density at radius 3 is 2.80 bits per heavy atom.